The van der Waals surface area contributed by atoms with Gasteiger partial charge in [-0.05, 0) is 91.4 Å². The van der Waals surface area contributed by atoms with Gasteiger partial charge in [0, 0.05) is 11.3 Å². The quantitative estimate of drug-likeness (QED) is 0.358. The molecule has 1 N–H and O–H groups in total. The van der Waals surface area contributed by atoms with Gasteiger partial charge >= 0.3 is 0 Å². The summed E-state index contributed by atoms with van der Waals surface area (Å²) < 4.78 is 11.5. The van der Waals surface area contributed by atoms with Crippen LogP contribution in [-0.2, 0) is 4.79 Å². The Balaban J connectivity index is 1.40. The minimum Gasteiger partial charge on any atom is -0.484 e. The van der Waals surface area contributed by atoms with E-state index in [0.29, 0.717) is 23.2 Å². The number of benzene rings is 3. The van der Waals surface area contributed by atoms with Crippen molar-refractivity contribution >= 4 is 22.7 Å². The number of nitrogens with zero attached hydrogens (tertiary/aromatic N) is 1. The largest absolute Gasteiger partial charge is 0.484 e. The van der Waals surface area contributed by atoms with Crippen molar-refractivity contribution in [3.63, 3.8) is 0 Å². The first kappa shape index (κ1) is 21.6. The Kier molecular flexibility index (Phi) is 6.26. The van der Waals surface area contributed by atoms with Crippen molar-refractivity contribution in [3.05, 3.63) is 77.4 Å². The van der Waals surface area contributed by atoms with Crippen LogP contribution in [-0.4, -0.2) is 17.5 Å². The third kappa shape index (κ3) is 4.83. The van der Waals surface area contributed by atoms with Crippen LogP contribution in [0.25, 0.3) is 22.6 Å². The van der Waals surface area contributed by atoms with Crippen LogP contribution < -0.4 is 10.1 Å². The summed E-state index contributed by atoms with van der Waals surface area (Å²) in [6.07, 6.45) is 1.08. The number of hydrogen-bond acceptors (Lipinski definition) is 4. The van der Waals surface area contributed by atoms with Crippen molar-refractivity contribution in [3.8, 4) is 17.2 Å². The van der Waals surface area contributed by atoms with E-state index in [4.69, 9.17) is 9.15 Å². The highest BCUT2D eigenvalue weighted by atomic mass is 16.5. The molecule has 0 unspecified atom stereocenters. The van der Waals surface area contributed by atoms with Crippen LogP contribution in [0.2, 0.25) is 0 Å². The predicted octanol–water partition coefficient (Wildman–Crippen LogP) is 6.64. The summed E-state index contributed by atoms with van der Waals surface area (Å²) in [7, 11) is 0. The van der Waals surface area contributed by atoms with Crippen molar-refractivity contribution in [1.82, 2.24) is 4.98 Å². The summed E-state index contributed by atoms with van der Waals surface area (Å²) in [5, 5.41) is 2.85. The highest BCUT2D eigenvalue weighted by molar-refractivity contribution is 5.92. The first-order valence-corrected chi connectivity index (χ1v) is 10.9. The van der Waals surface area contributed by atoms with E-state index in [2.05, 4.69) is 36.3 Å². The standard InChI is InChI=1S/C27H28N2O3/c1-5-17(2)21-9-13-25-24(15-21)29-27(32-25)20-7-10-22(11-8-20)28-26(30)16-31-23-12-6-18(3)19(4)14-23/h6-15,17H,5,16H2,1-4H3,(H,28,30)/t17-/m1/s1. The first-order chi connectivity index (χ1) is 15.4. The van der Waals surface area contributed by atoms with Crippen LogP contribution in [0.1, 0.15) is 42.9 Å². The van der Waals surface area contributed by atoms with E-state index >= 15 is 0 Å². The normalized spacial score (nSPS) is 12.0. The Morgan fingerprint density at radius 3 is 2.53 bits per heavy atom. The second kappa shape index (κ2) is 9.27. The molecule has 0 aliphatic heterocycles. The summed E-state index contributed by atoms with van der Waals surface area (Å²) >= 11 is 0. The van der Waals surface area contributed by atoms with Gasteiger partial charge in [-0.2, -0.15) is 0 Å². The molecule has 1 atom stereocenters. The fourth-order valence-corrected chi connectivity index (χ4v) is 3.46. The van der Waals surface area contributed by atoms with Gasteiger partial charge in [-0.1, -0.05) is 26.0 Å². The number of aromatic nitrogens is 1. The molecule has 32 heavy (non-hydrogen) atoms. The van der Waals surface area contributed by atoms with Gasteiger partial charge in [-0.25, -0.2) is 4.98 Å². The van der Waals surface area contributed by atoms with E-state index in [0.717, 1.165) is 28.6 Å². The lowest BCUT2D eigenvalue weighted by Gasteiger charge is -2.09. The Morgan fingerprint density at radius 2 is 1.81 bits per heavy atom. The van der Waals surface area contributed by atoms with Gasteiger partial charge in [0.05, 0.1) is 0 Å². The third-order valence-corrected chi connectivity index (χ3v) is 5.86. The number of rotatable bonds is 7. The Bertz CT molecular complexity index is 1240. The van der Waals surface area contributed by atoms with Crippen LogP contribution in [0.3, 0.4) is 0 Å². The number of carbonyl (C=O) groups excluding carboxylic acids is 1. The van der Waals surface area contributed by atoms with E-state index in [-0.39, 0.29) is 12.5 Å². The minimum absolute atomic E-state index is 0.0477. The smallest absolute Gasteiger partial charge is 0.262 e. The van der Waals surface area contributed by atoms with Gasteiger partial charge in [0.1, 0.15) is 11.3 Å². The molecule has 0 bridgehead atoms. The zero-order chi connectivity index (χ0) is 22.7. The average Bonchev–Trinajstić information content (AvgIpc) is 3.23. The molecule has 0 aliphatic rings. The molecule has 0 saturated carbocycles. The summed E-state index contributed by atoms with van der Waals surface area (Å²) in [4.78, 5) is 16.9. The molecule has 1 heterocycles. The van der Waals surface area contributed by atoms with E-state index in [1.54, 1.807) is 0 Å². The summed E-state index contributed by atoms with van der Waals surface area (Å²) in [5.41, 5.74) is 6.77. The Hall–Kier alpha value is -3.60. The number of amides is 1. The van der Waals surface area contributed by atoms with Crippen molar-refractivity contribution in [2.45, 2.75) is 40.0 Å². The number of fused-ring (bicyclic) bond motifs is 1. The first-order valence-electron chi connectivity index (χ1n) is 10.9. The van der Waals surface area contributed by atoms with Gasteiger partial charge in [-0.15, -0.1) is 0 Å². The predicted molar refractivity (Wildman–Crippen MR) is 128 cm³/mol. The van der Waals surface area contributed by atoms with Crippen LogP contribution in [0.4, 0.5) is 5.69 Å². The molecule has 4 aromatic rings. The second-order valence-electron chi connectivity index (χ2n) is 8.22. The monoisotopic (exact) mass is 428 g/mol. The van der Waals surface area contributed by atoms with Gasteiger partial charge in [0.15, 0.2) is 12.2 Å². The lowest BCUT2D eigenvalue weighted by molar-refractivity contribution is -0.118. The van der Waals surface area contributed by atoms with Crippen molar-refractivity contribution in [1.29, 1.82) is 0 Å². The Labute approximate surface area is 188 Å². The Morgan fingerprint density at radius 1 is 1.03 bits per heavy atom. The highest BCUT2D eigenvalue weighted by Crippen LogP contribution is 2.28. The number of anilines is 1. The number of nitrogens with one attached hydrogen (secondary N) is 1. The zero-order valence-electron chi connectivity index (χ0n) is 18.9. The highest BCUT2D eigenvalue weighted by Gasteiger charge is 2.11. The minimum atomic E-state index is -0.213. The average molecular weight is 429 g/mol. The molecule has 0 fully saturated rings. The van der Waals surface area contributed by atoms with Crippen LogP contribution in [0.5, 0.6) is 5.75 Å². The lowest BCUT2D eigenvalue weighted by atomic mass is 9.98. The number of hydrogen-bond donors (Lipinski definition) is 1. The van der Waals surface area contributed by atoms with E-state index in [1.807, 2.05) is 62.4 Å². The number of ether oxygens (including phenoxy) is 1. The van der Waals surface area contributed by atoms with Gasteiger partial charge in [0.25, 0.3) is 5.91 Å². The molecular formula is C27H28N2O3. The summed E-state index contributed by atoms with van der Waals surface area (Å²) in [5.74, 6) is 1.53. The number of aryl methyl sites for hydroxylation is 2. The maximum absolute atomic E-state index is 12.3. The number of oxazole rings is 1. The van der Waals surface area contributed by atoms with Crippen molar-refractivity contribution in [2.75, 3.05) is 11.9 Å². The van der Waals surface area contributed by atoms with Gasteiger partial charge < -0.3 is 14.5 Å². The molecular weight excluding hydrogens is 400 g/mol. The van der Waals surface area contributed by atoms with Crippen LogP contribution in [0, 0.1) is 13.8 Å². The molecule has 0 aliphatic carbocycles. The topological polar surface area (TPSA) is 64.4 Å². The van der Waals surface area contributed by atoms with E-state index in [9.17, 15) is 4.79 Å². The molecule has 4 rings (SSSR count). The molecule has 1 amide bonds. The molecule has 1 aromatic heterocycles. The molecule has 0 spiro atoms. The number of carbonyl (C=O) groups is 1. The fraction of sp³-hybridized carbons (Fsp3) is 0.259. The maximum Gasteiger partial charge on any atom is 0.262 e. The molecule has 3 aromatic carbocycles. The summed E-state index contributed by atoms with van der Waals surface area (Å²) in [6, 6.07) is 19.4. The van der Waals surface area contributed by atoms with Crippen molar-refractivity contribution < 1.29 is 13.9 Å². The molecule has 5 heteroatoms. The maximum atomic E-state index is 12.3. The van der Waals surface area contributed by atoms with Crippen molar-refractivity contribution in [2.24, 2.45) is 0 Å². The zero-order valence-corrected chi connectivity index (χ0v) is 18.9. The molecule has 0 radical (unpaired) electrons. The lowest BCUT2D eigenvalue weighted by Crippen LogP contribution is -2.20. The van der Waals surface area contributed by atoms with Gasteiger partial charge in [0.2, 0.25) is 5.89 Å². The molecule has 5 nitrogen and oxygen atoms in total. The molecule has 0 saturated heterocycles. The SMILES string of the molecule is CC[C@@H](C)c1ccc2oc(-c3ccc(NC(=O)COc4ccc(C)c(C)c4)cc3)nc2c1. The van der Waals surface area contributed by atoms with E-state index < -0.39 is 0 Å². The van der Waals surface area contributed by atoms with Crippen LogP contribution in [0.15, 0.2) is 65.1 Å². The fourth-order valence-electron chi connectivity index (χ4n) is 3.46. The second-order valence-corrected chi connectivity index (χ2v) is 8.22. The summed E-state index contributed by atoms with van der Waals surface area (Å²) in [6.45, 7) is 8.40. The van der Waals surface area contributed by atoms with E-state index in [1.165, 1.54) is 11.1 Å². The van der Waals surface area contributed by atoms with Crippen LogP contribution >= 0.6 is 0 Å². The molecule has 164 valence electrons. The van der Waals surface area contributed by atoms with Gasteiger partial charge in [-0.3, -0.25) is 4.79 Å². The third-order valence-electron chi connectivity index (χ3n) is 5.86.